The van der Waals surface area contributed by atoms with Crippen molar-refractivity contribution in [3.63, 3.8) is 0 Å². The number of ether oxygens (including phenoxy) is 2. The van der Waals surface area contributed by atoms with Gasteiger partial charge >= 0.3 is 0 Å². The highest BCUT2D eigenvalue weighted by molar-refractivity contribution is 7.12. The highest BCUT2D eigenvalue weighted by atomic mass is 32.1. The third-order valence-electron chi connectivity index (χ3n) is 4.81. The highest BCUT2D eigenvalue weighted by Crippen LogP contribution is 2.42. The van der Waals surface area contributed by atoms with Gasteiger partial charge in [-0.25, -0.2) is 4.98 Å². The molecule has 0 aromatic carbocycles. The van der Waals surface area contributed by atoms with Gasteiger partial charge in [0.15, 0.2) is 0 Å². The molecule has 1 heterocycles. The molecular formula is C16H26N2O2S. The van der Waals surface area contributed by atoms with Gasteiger partial charge in [-0.1, -0.05) is 0 Å². The third kappa shape index (κ3) is 3.16. The van der Waals surface area contributed by atoms with Crippen LogP contribution in [0.4, 0.5) is 0 Å². The Balaban J connectivity index is 1.83. The molecule has 5 heteroatoms. The molecule has 3 rings (SSSR count). The van der Waals surface area contributed by atoms with Crippen LogP contribution < -0.4 is 5.32 Å². The van der Waals surface area contributed by atoms with E-state index in [1.165, 1.54) is 34.8 Å². The van der Waals surface area contributed by atoms with Crippen molar-refractivity contribution in [2.45, 2.75) is 56.6 Å². The predicted octanol–water partition coefficient (Wildman–Crippen LogP) is 2.65. The summed E-state index contributed by atoms with van der Waals surface area (Å²) in [7, 11) is 3.59. The average Bonchev–Trinajstić information content (AvgIpc) is 3.09. The van der Waals surface area contributed by atoms with E-state index in [0.717, 1.165) is 38.8 Å². The van der Waals surface area contributed by atoms with E-state index >= 15 is 0 Å². The van der Waals surface area contributed by atoms with Gasteiger partial charge in [0.1, 0.15) is 5.01 Å². The maximum Gasteiger partial charge on any atom is 0.113 e. The van der Waals surface area contributed by atoms with Crippen molar-refractivity contribution >= 4 is 11.3 Å². The largest absolute Gasteiger partial charge is 0.383 e. The summed E-state index contributed by atoms with van der Waals surface area (Å²) >= 11 is 1.93. The maximum absolute atomic E-state index is 5.66. The molecule has 1 aromatic rings. The van der Waals surface area contributed by atoms with E-state index in [1.54, 1.807) is 7.11 Å². The van der Waals surface area contributed by atoms with Crippen LogP contribution in [0.1, 0.15) is 47.7 Å². The molecule has 0 saturated heterocycles. The molecule has 2 unspecified atom stereocenters. The maximum atomic E-state index is 5.66. The normalized spacial score (nSPS) is 28.8. The zero-order chi connectivity index (χ0) is 14.7. The molecule has 4 nitrogen and oxygen atoms in total. The molecule has 0 aliphatic heterocycles. The first kappa shape index (κ1) is 15.4. The minimum atomic E-state index is -0.00748. The number of aryl methyl sites for hydroxylation is 2. The van der Waals surface area contributed by atoms with Crippen LogP contribution in [-0.2, 0) is 27.9 Å². The van der Waals surface area contributed by atoms with Crippen molar-refractivity contribution in [2.75, 3.05) is 27.4 Å². The van der Waals surface area contributed by atoms with E-state index in [4.69, 9.17) is 14.5 Å². The van der Waals surface area contributed by atoms with Crippen LogP contribution in [0, 0.1) is 0 Å². The Hall–Kier alpha value is -0.490. The number of thiazole rings is 1. The first-order valence-electron chi connectivity index (χ1n) is 8.03. The Bertz CT molecular complexity index is 455. The van der Waals surface area contributed by atoms with Gasteiger partial charge < -0.3 is 14.8 Å². The fraction of sp³-hybridized carbons (Fsp3) is 0.812. The summed E-state index contributed by atoms with van der Waals surface area (Å²) in [5, 5.41) is 5.03. The van der Waals surface area contributed by atoms with E-state index in [0.29, 0.717) is 6.10 Å². The second-order valence-electron chi connectivity index (χ2n) is 6.20. The van der Waals surface area contributed by atoms with Crippen molar-refractivity contribution in [1.82, 2.24) is 10.3 Å². The van der Waals surface area contributed by atoms with Crippen molar-refractivity contribution in [2.24, 2.45) is 0 Å². The Morgan fingerprint density at radius 2 is 2.24 bits per heavy atom. The van der Waals surface area contributed by atoms with Crippen molar-refractivity contribution in [1.29, 1.82) is 0 Å². The van der Waals surface area contributed by atoms with Crippen molar-refractivity contribution in [3.05, 3.63) is 15.6 Å². The Morgan fingerprint density at radius 3 is 3.00 bits per heavy atom. The SMILES string of the molecule is COCCNC1(c2nc3c(s2)CCC3)CCCC(OC)C1. The number of hydrogen-bond donors (Lipinski definition) is 1. The minimum Gasteiger partial charge on any atom is -0.383 e. The second kappa shape index (κ2) is 6.73. The topological polar surface area (TPSA) is 43.4 Å². The van der Waals surface area contributed by atoms with E-state index in [-0.39, 0.29) is 5.54 Å². The van der Waals surface area contributed by atoms with Gasteiger partial charge in [-0.3, -0.25) is 0 Å². The summed E-state index contributed by atoms with van der Waals surface area (Å²) in [6.45, 7) is 1.61. The molecule has 2 aliphatic carbocycles. The molecule has 2 atom stereocenters. The quantitative estimate of drug-likeness (QED) is 0.820. The van der Waals surface area contributed by atoms with Gasteiger partial charge in [-0.2, -0.15) is 0 Å². The number of rotatable bonds is 6. The van der Waals surface area contributed by atoms with Crippen LogP contribution in [0.5, 0.6) is 0 Å². The van der Waals surface area contributed by atoms with Crippen LogP contribution in [-0.4, -0.2) is 38.5 Å². The number of nitrogens with zero attached hydrogens (tertiary/aromatic N) is 1. The molecule has 0 bridgehead atoms. The third-order valence-corrected chi connectivity index (χ3v) is 6.18. The monoisotopic (exact) mass is 310 g/mol. The number of fused-ring (bicyclic) bond motifs is 1. The van der Waals surface area contributed by atoms with Gasteiger partial charge in [0.05, 0.1) is 23.9 Å². The van der Waals surface area contributed by atoms with Crippen LogP contribution in [0.3, 0.4) is 0 Å². The Labute approximate surface area is 131 Å². The number of nitrogens with one attached hydrogen (secondary N) is 1. The summed E-state index contributed by atoms with van der Waals surface area (Å²) in [4.78, 5) is 6.51. The van der Waals surface area contributed by atoms with Gasteiger partial charge in [-0.15, -0.1) is 11.3 Å². The lowest BCUT2D eigenvalue weighted by Crippen LogP contribution is -2.48. The summed E-state index contributed by atoms with van der Waals surface area (Å²) in [5.41, 5.74) is 1.34. The lowest BCUT2D eigenvalue weighted by molar-refractivity contribution is 0.0268. The molecule has 1 N–H and O–H groups in total. The molecule has 0 radical (unpaired) electrons. The fourth-order valence-electron chi connectivity index (χ4n) is 3.64. The van der Waals surface area contributed by atoms with Crippen LogP contribution in [0.2, 0.25) is 0 Å². The van der Waals surface area contributed by atoms with E-state index in [1.807, 2.05) is 18.4 Å². The molecule has 0 amide bonds. The second-order valence-corrected chi connectivity index (χ2v) is 7.28. The summed E-state index contributed by atoms with van der Waals surface area (Å²) in [6.07, 6.45) is 8.54. The van der Waals surface area contributed by atoms with Gasteiger partial charge in [-0.05, 0) is 44.9 Å². The lowest BCUT2D eigenvalue weighted by atomic mass is 9.80. The molecule has 1 aromatic heterocycles. The Kier molecular flexibility index (Phi) is 4.94. The summed E-state index contributed by atoms with van der Waals surface area (Å²) < 4.78 is 10.9. The van der Waals surface area contributed by atoms with Crippen molar-refractivity contribution in [3.8, 4) is 0 Å². The smallest absolute Gasteiger partial charge is 0.113 e. The zero-order valence-corrected chi connectivity index (χ0v) is 13.9. The van der Waals surface area contributed by atoms with Crippen LogP contribution in [0.25, 0.3) is 0 Å². The fourth-order valence-corrected chi connectivity index (χ4v) is 5.00. The van der Waals surface area contributed by atoms with E-state index in [9.17, 15) is 0 Å². The van der Waals surface area contributed by atoms with Gasteiger partial charge in [0.25, 0.3) is 0 Å². The molecule has 0 spiro atoms. The standard InChI is InChI=1S/C16H26N2O2S/c1-19-10-9-17-16(8-4-5-12(11-16)20-2)15-18-13-6-3-7-14(13)21-15/h12,17H,3-11H2,1-2H3. The summed E-state index contributed by atoms with van der Waals surface area (Å²) in [6, 6.07) is 0. The first-order chi connectivity index (χ1) is 10.3. The molecule has 21 heavy (non-hydrogen) atoms. The number of hydrogen-bond acceptors (Lipinski definition) is 5. The highest BCUT2D eigenvalue weighted by Gasteiger charge is 2.41. The molecule has 118 valence electrons. The van der Waals surface area contributed by atoms with Gasteiger partial charge in [0.2, 0.25) is 0 Å². The van der Waals surface area contributed by atoms with Crippen molar-refractivity contribution < 1.29 is 9.47 Å². The molecule has 1 fully saturated rings. The first-order valence-corrected chi connectivity index (χ1v) is 8.85. The summed E-state index contributed by atoms with van der Waals surface area (Å²) in [5.74, 6) is 0. The number of methoxy groups -OCH3 is 2. The Morgan fingerprint density at radius 1 is 1.33 bits per heavy atom. The predicted molar refractivity (Wildman–Crippen MR) is 85.0 cm³/mol. The molecule has 1 saturated carbocycles. The molecule has 2 aliphatic rings. The van der Waals surface area contributed by atoms with Crippen LogP contribution >= 0.6 is 11.3 Å². The van der Waals surface area contributed by atoms with E-state index < -0.39 is 0 Å². The lowest BCUT2D eigenvalue weighted by Gasteiger charge is -2.40. The van der Waals surface area contributed by atoms with Crippen LogP contribution in [0.15, 0.2) is 0 Å². The molecular weight excluding hydrogens is 284 g/mol. The zero-order valence-electron chi connectivity index (χ0n) is 13.1. The van der Waals surface area contributed by atoms with E-state index in [2.05, 4.69) is 5.32 Å². The van der Waals surface area contributed by atoms with Gasteiger partial charge in [0, 0.05) is 25.6 Å². The average molecular weight is 310 g/mol. The number of aromatic nitrogens is 1. The minimum absolute atomic E-state index is 0.00748.